The van der Waals surface area contributed by atoms with Crippen LogP contribution in [0.25, 0.3) is 0 Å². The van der Waals surface area contributed by atoms with Crippen molar-refractivity contribution in [2.75, 3.05) is 6.54 Å². The molecule has 0 amide bonds. The topological polar surface area (TPSA) is 38.0 Å². The van der Waals surface area contributed by atoms with E-state index in [1.54, 1.807) is 0 Å². The van der Waals surface area contributed by atoms with Crippen LogP contribution in [0, 0.1) is 29.6 Å². The molecule has 0 aromatic carbocycles. The summed E-state index contributed by atoms with van der Waals surface area (Å²) in [5.41, 5.74) is 6.34. The van der Waals surface area contributed by atoms with Gasteiger partial charge in [-0.25, -0.2) is 0 Å². The van der Waals surface area contributed by atoms with Gasteiger partial charge in [-0.2, -0.15) is 0 Å². The lowest BCUT2D eigenvalue weighted by molar-refractivity contribution is 0.133. The Kier molecular flexibility index (Phi) is 5.69. The predicted molar refractivity (Wildman–Crippen MR) is 79.2 cm³/mol. The fraction of sp³-hybridized carbons (Fsp3) is 0.875. The third-order valence-corrected chi connectivity index (χ3v) is 4.53. The Morgan fingerprint density at radius 3 is 2.22 bits per heavy atom. The number of nitrogens with two attached hydrogens (primary N) is 1. The van der Waals surface area contributed by atoms with Crippen LogP contribution in [0.2, 0.25) is 0 Å². The van der Waals surface area contributed by atoms with E-state index in [0.29, 0.717) is 23.9 Å². The maximum atomic E-state index is 5.90. The van der Waals surface area contributed by atoms with E-state index in [0.717, 1.165) is 5.92 Å². The van der Waals surface area contributed by atoms with E-state index in [9.17, 15) is 0 Å². The average molecular weight is 250 g/mol. The van der Waals surface area contributed by atoms with Crippen molar-refractivity contribution in [2.24, 2.45) is 23.0 Å². The van der Waals surface area contributed by atoms with Crippen LogP contribution in [0.5, 0.6) is 0 Å². The molecule has 18 heavy (non-hydrogen) atoms. The van der Waals surface area contributed by atoms with Gasteiger partial charge in [0.15, 0.2) is 0 Å². The zero-order chi connectivity index (χ0) is 13.8. The van der Waals surface area contributed by atoms with Gasteiger partial charge in [-0.1, -0.05) is 26.7 Å². The molecule has 0 aliphatic heterocycles. The molecule has 1 fully saturated rings. The summed E-state index contributed by atoms with van der Waals surface area (Å²) >= 11 is 0. The van der Waals surface area contributed by atoms with Gasteiger partial charge >= 0.3 is 0 Å². The third kappa shape index (κ3) is 4.30. The highest BCUT2D eigenvalue weighted by molar-refractivity contribution is 4.98. The first-order chi connectivity index (χ1) is 8.38. The number of terminal acetylenes is 1. The Bertz CT molecular complexity index is 276. The molecule has 1 saturated carbocycles. The molecule has 2 unspecified atom stereocenters. The van der Waals surface area contributed by atoms with Gasteiger partial charge in [0.2, 0.25) is 0 Å². The van der Waals surface area contributed by atoms with Gasteiger partial charge in [-0.05, 0) is 49.9 Å². The molecular formula is C16H30N2. The molecule has 0 radical (unpaired) electrons. The second-order valence-corrected chi connectivity index (χ2v) is 6.87. The fourth-order valence-electron chi connectivity index (χ4n) is 3.15. The molecule has 0 aromatic rings. The number of hydrogen-bond acceptors (Lipinski definition) is 2. The summed E-state index contributed by atoms with van der Waals surface area (Å²) in [6.07, 6.45) is 10.7. The van der Waals surface area contributed by atoms with Crippen molar-refractivity contribution in [1.82, 2.24) is 5.32 Å². The van der Waals surface area contributed by atoms with Crippen LogP contribution in [0.4, 0.5) is 0 Å². The molecule has 1 aliphatic carbocycles. The Morgan fingerprint density at radius 1 is 1.28 bits per heavy atom. The summed E-state index contributed by atoms with van der Waals surface area (Å²) in [6.45, 7) is 9.80. The zero-order valence-corrected chi connectivity index (χ0v) is 12.5. The summed E-state index contributed by atoms with van der Waals surface area (Å²) in [6, 6.07) is 0.510. The van der Waals surface area contributed by atoms with E-state index in [1.807, 2.05) is 6.92 Å². The van der Waals surface area contributed by atoms with Crippen molar-refractivity contribution < 1.29 is 0 Å². The summed E-state index contributed by atoms with van der Waals surface area (Å²) in [4.78, 5) is 0. The van der Waals surface area contributed by atoms with Crippen molar-refractivity contribution in [2.45, 2.75) is 65.5 Å². The second-order valence-electron chi connectivity index (χ2n) is 6.87. The summed E-state index contributed by atoms with van der Waals surface area (Å²) in [5, 5.41) is 3.48. The van der Waals surface area contributed by atoms with E-state index in [4.69, 9.17) is 12.2 Å². The van der Waals surface area contributed by atoms with E-state index in [-0.39, 0.29) is 6.04 Å². The molecule has 0 saturated heterocycles. The fourth-order valence-corrected chi connectivity index (χ4v) is 3.15. The molecule has 104 valence electrons. The van der Waals surface area contributed by atoms with Gasteiger partial charge in [-0.3, -0.25) is 5.32 Å². The van der Waals surface area contributed by atoms with Crippen molar-refractivity contribution in [1.29, 1.82) is 0 Å². The van der Waals surface area contributed by atoms with Crippen LogP contribution in [0.1, 0.15) is 53.4 Å². The molecule has 2 atom stereocenters. The standard InChI is InChI=1S/C16H30N2/c1-6-12(2)18-15(11-17)13-7-9-14(10-8-13)16(3,4)5/h1,12-15,18H,7-11,17H2,2-5H3. The molecule has 2 nitrogen and oxygen atoms in total. The monoisotopic (exact) mass is 250 g/mol. The van der Waals surface area contributed by atoms with Crippen molar-refractivity contribution in [3.8, 4) is 12.3 Å². The van der Waals surface area contributed by atoms with Crippen LogP contribution in [-0.4, -0.2) is 18.6 Å². The van der Waals surface area contributed by atoms with Gasteiger partial charge in [0.1, 0.15) is 0 Å². The molecule has 0 aromatic heterocycles. The van der Waals surface area contributed by atoms with E-state index >= 15 is 0 Å². The molecule has 1 aliphatic rings. The summed E-state index contributed by atoms with van der Waals surface area (Å²) in [5.74, 6) is 4.29. The van der Waals surface area contributed by atoms with Crippen molar-refractivity contribution in [3.63, 3.8) is 0 Å². The Labute approximate surface area is 113 Å². The molecule has 2 heteroatoms. The Morgan fingerprint density at radius 2 is 1.83 bits per heavy atom. The Balaban J connectivity index is 2.48. The molecule has 3 N–H and O–H groups in total. The van der Waals surface area contributed by atoms with Crippen molar-refractivity contribution >= 4 is 0 Å². The van der Waals surface area contributed by atoms with Gasteiger partial charge in [0.05, 0.1) is 6.04 Å². The summed E-state index contributed by atoms with van der Waals surface area (Å²) < 4.78 is 0. The van der Waals surface area contributed by atoms with E-state index < -0.39 is 0 Å². The summed E-state index contributed by atoms with van der Waals surface area (Å²) in [7, 11) is 0. The maximum absolute atomic E-state index is 5.90. The van der Waals surface area contributed by atoms with Gasteiger partial charge < -0.3 is 5.73 Å². The van der Waals surface area contributed by atoms with Crippen LogP contribution < -0.4 is 11.1 Å². The number of nitrogens with one attached hydrogen (secondary N) is 1. The first-order valence-electron chi connectivity index (χ1n) is 7.30. The molecular weight excluding hydrogens is 220 g/mol. The zero-order valence-electron chi connectivity index (χ0n) is 12.5. The third-order valence-electron chi connectivity index (χ3n) is 4.53. The lowest BCUT2D eigenvalue weighted by Crippen LogP contribution is -2.47. The molecule has 0 heterocycles. The van der Waals surface area contributed by atoms with Crippen LogP contribution in [-0.2, 0) is 0 Å². The first-order valence-corrected chi connectivity index (χ1v) is 7.30. The highest BCUT2D eigenvalue weighted by Gasteiger charge is 2.32. The van der Waals surface area contributed by atoms with Crippen LogP contribution >= 0.6 is 0 Å². The maximum Gasteiger partial charge on any atom is 0.0660 e. The SMILES string of the molecule is C#CC(C)NC(CN)C1CCC(C(C)(C)C)CC1. The smallest absolute Gasteiger partial charge is 0.0660 e. The average Bonchev–Trinajstić information content (AvgIpc) is 2.34. The number of hydrogen-bond donors (Lipinski definition) is 2. The van der Waals surface area contributed by atoms with Crippen LogP contribution in [0.15, 0.2) is 0 Å². The largest absolute Gasteiger partial charge is 0.329 e. The van der Waals surface area contributed by atoms with Crippen molar-refractivity contribution in [3.05, 3.63) is 0 Å². The molecule has 0 spiro atoms. The second kappa shape index (κ2) is 6.59. The first kappa shape index (κ1) is 15.5. The van der Waals surface area contributed by atoms with Gasteiger partial charge in [0, 0.05) is 12.6 Å². The lowest BCUT2D eigenvalue weighted by Gasteiger charge is -2.39. The minimum absolute atomic E-state index is 0.124. The minimum Gasteiger partial charge on any atom is -0.329 e. The molecule has 1 rings (SSSR count). The molecule has 0 bridgehead atoms. The van der Waals surface area contributed by atoms with Crippen LogP contribution in [0.3, 0.4) is 0 Å². The van der Waals surface area contributed by atoms with Gasteiger partial charge in [0.25, 0.3) is 0 Å². The van der Waals surface area contributed by atoms with E-state index in [1.165, 1.54) is 25.7 Å². The minimum atomic E-state index is 0.124. The normalized spacial score (nSPS) is 28.4. The highest BCUT2D eigenvalue weighted by Crippen LogP contribution is 2.40. The van der Waals surface area contributed by atoms with E-state index in [2.05, 4.69) is 32.0 Å². The number of rotatable bonds is 4. The highest BCUT2D eigenvalue weighted by atomic mass is 15.0. The lowest BCUT2D eigenvalue weighted by atomic mass is 9.68. The van der Waals surface area contributed by atoms with Gasteiger partial charge in [-0.15, -0.1) is 6.42 Å². The Hall–Kier alpha value is -0.520. The predicted octanol–water partition coefficient (Wildman–Crippen LogP) is 2.78. The quantitative estimate of drug-likeness (QED) is 0.753.